The number of halogens is 1. The SMILES string of the molecule is CSc1ccc(-c2c(-c3ccc(F)cc3)cnn(C)c2=O)cc1. The van der Waals surface area contributed by atoms with E-state index in [1.807, 2.05) is 30.5 Å². The van der Waals surface area contributed by atoms with E-state index in [1.54, 1.807) is 37.1 Å². The minimum atomic E-state index is -0.309. The van der Waals surface area contributed by atoms with E-state index in [4.69, 9.17) is 0 Å². The number of nitrogens with zero attached hydrogens (tertiary/aromatic N) is 2. The van der Waals surface area contributed by atoms with Crippen LogP contribution in [0.1, 0.15) is 0 Å². The molecule has 0 aliphatic carbocycles. The Kier molecular flexibility index (Phi) is 4.30. The van der Waals surface area contributed by atoms with Crippen LogP contribution in [0, 0.1) is 5.82 Å². The quantitative estimate of drug-likeness (QED) is 0.683. The molecule has 0 atom stereocenters. The molecule has 0 saturated carbocycles. The third-order valence-electron chi connectivity index (χ3n) is 3.67. The van der Waals surface area contributed by atoms with Gasteiger partial charge < -0.3 is 0 Å². The summed E-state index contributed by atoms with van der Waals surface area (Å²) < 4.78 is 14.5. The van der Waals surface area contributed by atoms with Gasteiger partial charge in [0.1, 0.15) is 5.82 Å². The molecule has 0 saturated heterocycles. The molecular weight excluding hydrogens is 311 g/mol. The lowest BCUT2D eigenvalue weighted by atomic mass is 9.97. The van der Waals surface area contributed by atoms with Crippen LogP contribution in [0.5, 0.6) is 0 Å². The van der Waals surface area contributed by atoms with E-state index in [1.165, 1.54) is 16.8 Å². The van der Waals surface area contributed by atoms with Crippen molar-refractivity contribution in [1.82, 2.24) is 9.78 Å². The molecule has 0 amide bonds. The molecule has 0 N–H and O–H groups in total. The largest absolute Gasteiger partial charge is 0.274 e. The lowest BCUT2D eigenvalue weighted by Gasteiger charge is -2.11. The second kappa shape index (κ2) is 6.38. The highest BCUT2D eigenvalue weighted by Crippen LogP contribution is 2.29. The zero-order valence-corrected chi connectivity index (χ0v) is 13.6. The van der Waals surface area contributed by atoms with Gasteiger partial charge in [-0.3, -0.25) is 4.79 Å². The molecule has 3 rings (SSSR count). The Morgan fingerprint density at radius 3 is 2.22 bits per heavy atom. The normalized spacial score (nSPS) is 10.7. The zero-order chi connectivity index (χ0) is 16.4. The molecule has 0 bridgehead atoms. The number of benzene rings is 2. The average molecular weight is 326 g/mol. The van der Waals surface area contributed by atoms with Crippen LogP contribution in [0.3, 0.4) is 0 Å². The van der Waals surface area contributed by atoms with Crippen molar-refractivity contribution < 1.29 is 4.39 Å². The maximum absolute atomic E-state index is 13.2. The monoisotopic (exact) mass is 326 g/mol. The summed E-state index contributed by atoms with van der Waals surface area (Å²) in [6.07, 6.45) is 3.65. The molecular formula is C18H15FN2OS. The average Bonchev–Trinajstić information content (AvgIpc) is 2.58. The van der Waals surface area contributed by atoms with E-state index < -0.39 is 0 Å². The van der Waals surface area contributed by atoms with E-state index in [0.717, 1.165) is 16.0 Å². The van der Waals surface area contributed by atoms with Gasteiger partial charge in [-0.2, -0.15) is 5.10 Å². The molecule has 1 aromatic heterocycles. The Bertz CT molecular complexity index is 886. The molecule has 23 heavy (non-hydrogen) atoms. The van der Waals surface area contributed by atoms with Gasteiger partial charge in [0.2, 0.25) is 0 Å². The van der Waals surface area contributed by atoms with Crippen LogP contribution in [0.25, 0.3) is 22.3 Å². The van der Waals surface area contributed by atoms with Gasteiger partial charge in [0.15, 0.2) is 0 Å². The Hall–Kier alpha value is -2.40. The van der Waals surface area contributed by atoms with Crippen molar-refractivity contribution in [2.24, 2.45) is 7.05 Å². The summed E-state index contributed by atoms with van der Waals surface area (Å²) in [6, 6.07) is 13.9. The van der Waals surface area contributed by atoms with E-state index >= 15 is 0 Å². The van der Waals surface area contributed by atoms with E-state index in [2.05, 4.69) is 5.10 Å². The van der Waals surface area contributed by atoms with Gasteiger partial charge in [-0.05, 0) is 41.6 Å². The predicted octanol–water partition coefficient (Wildman–Crippen LogP) is 3.98. The maximum atomic E-state index is 13.2. The number of hydrogen-bond donors (Lipinski definition) is 0. The van der Waals surface area contributed by atoms with Crippen molar-refractivity contribution in [2.75, 3.05) is 6.26 Å². The number of aryl methyl sites for hydroxylation is 1. The van der Waals surface area contributed by atoms with E-state index in [0.29, 0.717) is 11.1 Å². The summed E-state index contributed by atoms with van der Waals surface area (Å²) in [6.45, 7) is 0. The molecule has 0 aliphatic heterocycles. The van der Waals surface area contributed by atoms with Crippen LogP contribution in [0.15, 0.2) is 64.4 Å². The first kappa shape index (κ1) is 15.5. The summed E-state index contributed by atoms with van der Waals surface area (Å²) in [7, 11) is 1.62. The van der Waals surface area contributed by atoms with Crippen molar-refractivity contribution in [1.29, 1.82) is 0 Å². The Morgan fingerprint density at radius 1 is 1.00 bits per heavy atom. The van der Waals surface area contributed by atoms with Gasteiger partial charge >= 0.3 is 0 Å². The first-order valence-corrected chi connectivity index (χ1v) is 8.29. The molecule has 0 spiro atoms. The van der Waals surface area contributed by atoms with Gasteiger partial charge in [-0.25, -0.2) is 9.07 Å². The number of hydrogen-bond acceptors (Lipinski definition) is 3. The molecule has 3 aromatic rings. The van der Waals surface area contributed by atoms with Gasteiger partial charge in [0.25, 0.3) is 5.56 Å². The lowest BCUT2D eigenvalue weighted by molar-refractivity contribution is 0.628. The highest BCUT2D eigenvalue weighted by atomic mass is 32.2. The third kappa shape index (κ3) is 3.05. The summed E-state index contributed by atoms with van der Waals surface area (Å²) in [5, 5.41) is 4.10. The van der Waals surface area contributed by atoms with Crippen molar-refractivity contribution in [3.8, 4) is 22.3 Å². The van der Waals surface area contributed by atoms with Crippen LogP contribution < -0.4 is 5.56 Å². The van der Waals surface area contributed by atoms with Gasteiger partial charge in [0, 0.05) is 17.5 Å². The van der Waals surface area contributed by atoms with Crippen LogP contribution in [-0.2, 0) is 7.05 Å². The summed E-state index contributed by atoms with van der Waals surface area (Å²) in [4.78, 5) is 13.7. The van der Waals surface area contributed by atoms with Crippen LogP contribution in [0.2, 0.25) is 0 Å². The van der Waals surface area contributed by atoms with Crippen molar-refractivity contribution in [3.05, 3.63) is 70.9 Å². The standard InChI is InChI=1S/C18H15FN2OS/c1-21-18(22)17(13-5-9-15(23-2)10-6-13)16(11-20-21)12-3-7-14(19)8-4-12/h3-11H,1-2H3. The number of rotatable bonds is 3. The number of aromatic nitrogens is 2. The first-order valence-electron chi connectivity index (χ1n) is 7.07. The molecule has 0 radical (unpaired) electrons. The first-order chi connectivity index (χ1) is 11.1. The summed E-state index contributed by atoms with van der Waals surface area (Å²) in [5.41, 5.74) is 2.68. The summed E-state index contributed by atoms with van der Waals surface area (Å²) >= 11 is 1.64. The van der Waals surface area contributed by atoms with Crippen LogP contribution >= 0.6 is 11.8 Å². The second-order valence-corrected chi connectivity index (χ2v) is 5.98. The fraction of sp³-hybridized carbons (Fsp3) is 0.111. The smallest absolute Gasteiger partial charge is 0.267 e. The molecule has 0 fully saturated rings. The van der Waals surface area contributed by atoms with Crippen molar-refractivity contribution in [3.63, 3.8) is 0 Å². The predicted molar refractivity (Wildman–Crippen MR) is 92.1 cm³/mol. The van der Waals surface area contributed by atoms with Crippen LogP contribution in [0.4, 0.5) is 4.39 Å². The fourth-order valence-corrected chi connectivity index (χ4v) is 2.83. The molecule has 0 unspecified atom stereocenters. The molecule has 3 nitrogen and oxygen atoms in total. The highest BCUT2D eigenvalue weighted by Gasteiger charge is 2.14. The lowest BCUT2D eigenvalue weighted by Crippen LogP contribution is -2.21. The minimum Gasteiger partial charge on any atom is -0.267 e. The Labute approximate surface area is 137 Å². The topological polar surface area (TPSA) is 34.9 Å². The second-order valence-electron chi connectivity index (χ2n) is 5.10. The van der Waals surface area contributed by atoms with Crippen LogP contribution in [-0.4, -0.2) is 16.0 Å². The molecule has 2 aromatic carbocycles. The molecule has 5 heteroatoms. The molecule has 0 aliphatic rings. The van der Waals surface area contributed by atoms with E-state index in [-0.39, 0.29) is 11.4 Å². The van der Waals surface area contributed by atoms with Gasteiger partial charge in [0.05, 0.1) is 11.8 Å². The van der Waals surface area contributed by atoms with Gasteiger partial charge in [-0.15, -0.1) is 11.8 Å². The molecule has 116 valence electrons. The van der Waals surface area contributed by atoms with Crippen molar-refractivity contribution >= 4 is 11.8 Å². The zero-order valence-electron chi connectivity index (χ0n) is 12.8. The Balaban J connectivity index is 2.23. The summed E-state index contributed by atoms with van der Waals surface area (Å²) in [5.74, 6) is -0.309. The van der Waals surface area contributed by atoms with E-state index in [9.17, 15) is 9.18 Å². The Morgan fingerprint density at radius 2 is 1.61 bits per heavy atom. The van der Waals surface area contributed by atoms with Gasteiger partial charge in [-0.1, -0.05) is 24.3 Å². The third-order valence-corrected chi connectivity index (χ3v) is 4.41. The fourth-order valence-electron chi connectivity index (χ4n) is 2.42. The maximum Gasteiger partial charge on any atom is 0.274 e. The minimum absolute atomic E-state index is 0.177. The highest BCUT2D eigenvalue weighted by molar-refractivity contribution is 7.98. The number of thioether (sulfide) groups is 1. The van der Waals surface area contributed by atoms with Crippen molar-refractivity contribution in [2.45, 2.75) is 4.90 Å². The molecule has 1 heterocycles.